The predicted octanol–water partition coefficient (Wildman–Crippen LogP) is 0.139. The van der Waals surface area contributed by atoms with Crippen molar-refractivity contribution in [3.8, 4) is 0 Å². The first-order valence-corrected chi connectivity index (χ1v) is 15.2. The van der Waals surface area contributed by atoms with E-state index in [1.165, 1.54) is 40.8 Å². The Bertz CT molecular complexity index is 1410. The highest BCUT2D eigenvalue weighted by molar-refractivity contribution is 8.03. The largest absolute Gasteiger partial charge is 0.478 e. The number of anilines is 1. The maximum absolute atomic E-state index is 13.4. The number of rotatable bonds is 11. The Labute approximate surface area is 255 Å². The third kappa shape index (κ3) is 6.19. The summed E-state index contributed by atoms with van der Waals surface area (Å²) in [7, 11) is 3.35. The van der Waals surface area contributed by atoms with Gasteiger partial charge in [-0.05, 0) is 27.2 Å². The molecule has 6 atom stereocenters. The molecule has 0 aliphatic carbocycles. The smallest absolute Gasteiger partial charge is 0.353 e. The molecule has 0 bridgehead atoms. The topological polar surface area (TPSA) is 217 Å². The Morgan fingerprint density at radius 3 is 2.56 bits per heavy atom. The van der Waals surface area contributed by atoms with Crippen molar-refractivity contribution in [3.63, 3.8) is 0 Å². The molecule has 3 aliphatic rings. The first kappa shape index (κ1) is 32.2. The van der Waals surface area contributed by atoms with Crippen molar-refractivity contribution in [1.29, 1.82) is 0 Å². The van der Waals surface area contributed by atoms with Gasteiger partial charge in [-0.1, -0.05) is 12.1 Å². The van der Waals surface area contributed by atoms with Crippen molar-refractivity contribution in [3.05, 3.63) is 21.7 Å². The van der Waals surface area contributed by atoms with Gasteiger partial charge in [-0.2, -0.15) is 0 Å². The van der Waals surface area contributed by atoms with Crippen LogP contribution in [-0.2, 0) is 28.8 Å². The zero-order valence-electron chi connectivity index (χ0n) is 24.5. The van der Waals surface area contributed by atoms with Gasteiger partial charge in [-0.15, -0.1) is 23.1 Å². The summed E-state index contributed by atoms with van der Waals surface area (Å²) in [5.41, 5.74) is 3.64. The number of nitrogens with two attached hydrogens (primary N) is 1. The third-order valence-corrected chi connectivity index (χ3v) is 9.86. The molecule has 0 radical (unpaired) electrons. The summed E-state index contributed by atoms with van der Waals surface area (Å²) in [4.78, 5) is 75.5. The van der Waals surface area contributed by atoms with Crippen LogP contribution in [0.2, 0.25) is 0 Å². The average molecular weight is 638 g/mol. The number of aliphatic carboxylic acids is 2. The number of carbonyl (C=O) groups excluding carboxylic acids is 3. The third-order valence-electron chi connectivity index (χ3n) is 7.67. The number of aromatic nitrogens is 1. The Balaban J connectivity index is 1.51. The number of thiazole rings is 1. The number of hydrogen-bond acceptors (Lipinski definition) is 12. The Morgan fingerprint density at radius 1 is 1.33 bits per heavy atom. The van der Waals surface area contributed by atoms with Crippen LogP contribution in [0, 0.1) is 11.8 Å². The Hall–Kier alpha value is -3.70. The molecule has 43 heavy (non-hydrogen) atoms. The number of thioether (sulfide) groups is 1. The van der Waals surface area contributed by atoms with E-state index in [0.29, 0.717) is 17.9 Å². The lowest BCUT2D eigenvalue weighted by molar-refractivity contribution is -0.161. The molecular weight excluding hydrogens is 602 g/mol. The van der Waals surface area contributed by atoms with E-state index in [-0.39, 0.29) is 45.4 Å². The number of oxime groups is 1. The molecule has 0 aromatic carbocycles. The molecule has 1 aromatic heterocycles. The molecule has 17 heteroatoms. The van der Waals surface area contributed by atoms with Gasteiger partial charge in [-0.25, -0.2) is 14.6 Å². The van der Waals surface area contributed by atoms with Gasteiger partial charge < -0.3 is 41.2 Å². The second kappa shape index (κ2) is 12.1. The van der Waals surface area contributed by atoms with Gasteiger partial charge in [0.2, 0.25) is 17.4 Å². The highest BCUT2D eigenvalue weighted by Gasteiger charge is 2.60. The standard InChI is InChI=1S/C26H35N7O8S2/c1-10-17-15(11(2)29-20(34)16(14-9-42-25(27)30-14)31-41-26(3,4)24(39)40)22(36)33(17)18(23(37)38)19(10)43-12-7-13(28-8-12)21(35)32(5)6/h9-13,15,17,28H,7-8H2,1-6H3,(H2,27,30)(H,29,34)(H,37,38)(H,39,40)/b31-16-/t10-,11?,12+,13+,15-,17-/m1/s1. The fourth-order valence-corrected chi connectivity index (χ4v) is 7.36. The van der Waals surface area contributed by atoms with Crippen LogP contribution in [-0.4, -0.2) is 110 Å². The van der Waals surface area contributed by atoms with Crippen molar-refractivity contribution in [2.75, 3.05) is 26.4 Å². The average Bonchev–Trinajstić information content (AvgIpc) is 3.61. The molecule has 3 amide bonds. The molecule has 3 aliphatic heterocycles. The number of carboxylic acid groups (broad SMARTS) is 2. The van der Waals surface area contributed by atoms with Gasteiger partial charge in [0.05, 0.1) is 18.0 Å². The van der Waals surface area contributed by atoms with E-state index in [1.54, 1.807) is 21.0 Å². The number of carboxylic acids is 2. The Kier molecular flexibility index (Phi) is 9.08. The molecule has 1 aromatic rings. The summed E-state index contributed by atoms with van der Waals surface area (Å²) in [5.74, 6) is -4.88. The number of amides is 3. The molecule has 0 saturated carbocycles. The van der Waals surface area contributed by atoms with Gasteiger partial charge in [0.25, 0.3) is 5.91 Å². The summed E-state index contributed by atoms with van der Waals surface area (Å²) in [6.45, 7) is 6.52. The van der Waals surface area contributed by atoms with Gasteiger partial charge in [0.1, 0.15) is 11.4 Å². The highest BCUT2D eigenvalue weighted by Crippen LogP contribution is 2.51. The molecule has 2 saturated heterocycles. The summed E-state index contributed by atoms with van der Waals surface area (Å²) < 4.78 is 0. The first-order chi connectivity index (χ1) is 20.0. The molecule has 6 N–H and O–H groups in total. The molecule has 2 fully saturated rings. The second-order valence-electron chi connectivity index (χ2n) is 11.4. The number of nitrogens with zero attached hydrogens (tertiary/aromatic N) is 4. The summed E-state index contributed by atoms with van der Waals surface area (Å²) >= 11 is 2.41. The van der Waals surface area contributed by atoms with E-state index in [1.807, 2.05) is 6.92 Å². The van der Waals surface area contributed by atoms with Crippen LogP contribution >= 0.6 is 23.1 Å². The van der Waals surface area contributed by atoms with E-state index in [0.717, 1.165) is 11.3 Å². The minimum atomic E-state index is -1.75. The second-order valence-corrected chi connectivity index (χ2v) is 13.6. The number of β-lactam (4-membered cyclic amide) rings is 1. The van der Waals surface area contributed by atoms with E-state index in [2.05, 4.69) is 20.8 Å². The minimum absolute atomic E-state index is 0.0567. The lowest BCUT2D eigenvalue weighted by atomic mass is 9.78. The van der Waals surface area contributed by atoms with Gasteiger partial charge in [0, 0.05) is 48.1 Å². The SMILES string of the molecule is CC(NC(=O)/C(=N\OC(C)(C)C(=O)O)c1csc(N)n1)[C@H]1C(=O)N2C(C(=O)O)=C(S[C@@H]3CN[C@H](C(=O)N(C)C)C3)[C@H](C)[C@H]12. The van der Waals surface area contributed by atoms with Crippen LogP contribution in [0.1, 0.15) is 39.8 Å². The van der Waals surface area contributed by atoms with Crippen LogP contribution in [0.4, 0.5) is 5.13 Å². The van der Waals surface area contributed by atoms with Gasteiger partial charge in [0.15, 0.2) is 10.8 Å². The van der Waals surface area contributed by atoms with Crippen LogP contribution < -0.4 is 16.4 Å². The van der Waals surface area contributed by atoms with Crippen molar-refractivity contribution in [2.45, 2.75) is 63.1 Å². The lowest BCUT2D eigenvalue weighted by Crippen LogP contribution is -2.66. The molecular formula is C26H35N7O8S2. The molecule has 15 nitrogen and oxygen atoms in total. The van der Waals surface area contributed by atoms with E-state index in [4.69, 9.17) is 10.6 Å². The van der Waals surface area contributed by atoms with Gasteiger partial charge in [-0.3, -0.25) is 14.4 Å². The minimum Gasteiger partial charge on any atom is -0.478 e. The van der Waals surface area contributed by atoms with E-state index < -0.39 is 47.4 Å². The number of nitrogens with one attached hydrogen (secondary N) is 2. The normalized spacial score (nSPS) is 26.1. The highest BCUT2D eigenvalue weighted by atomic mass is 32.2. The van der Waals surface area contributed by atoms with Crippen LogP contribution in [0.25, 0.3) is 0 Å². The lowest BCUT2D eigenvalue weighted by Gasteiger charge is -2.47. The predicted molar refractivity (Wildman–Crippen MR) is 158 cm³/mol. The van der Waals surface area contributed by atoms with Crippen LogP contribution in [0.5, 0.6) is 0 Å². The maximum Gasteiger partial charge on any atom is 0.353 e. The summed E-state index contributed by atoms with van der Waals surface area (Å²) in [6, 6.07) is -1.64. The number of fused-ring (bicyclic) bond motifs is 1. The zero-order chi connectivity index (χ0) is 32.0. The number of carbonyl (C=O) groups is 5. The monoisotopic (exact) mass is 637 g/mol. The first-order valence-electron chi connectivity index (χ1n) is 13.5. The fraction of sp³-hybridized carbons (Fsp3) is 0.577. The fourth-order valence-electron chi connectivity index (χ4n) is 5.33. The van der Waals surface area contributed by atoms with E-state index in [9.17, 15) is 34.2 Å². The van der Waals surface area contributed by atoms with Crippen molar-refractivity contribution >= 4 is 63.6 Å². The number of nitrogen functional groups attached to an aromatic ring is 1. The maximum atomic E-state index is 13.4. The quantitative estimate of drug-likeness (QED) is 0.124. The number of likely N-dealkylation sites (N-methyl/N-ethyl adjacent to an activating group) is 1. The zero-order valence-corrected chi connectivity index (χ0v) is 26.1. The van der Waals surface area contributed by atoms with Crippen LogP contribution in [0.15, 0.2) is 21.1 Å². The molecule has 234 valence electrons. The summed E-state index contributed by atoms with van der Waals surface area (Å²) in [6.07, 6.45) is 0.517. The van der Waals surface area contributed by atoms with Crippen molar-refractivity contribution in [1.82, 2.24) is 25.4 Å². The van der Waals surface area contributed by atoms with Crippen molar-refractivity contribution in [2.24, 2.45) is 17.0 Å². The molecule has 4 rings (SSSR count). The molecule has 1 unspecified atom stereocenters. The summed E-state index contributed by atoms with van der Waals surface area (Å²) in [5, 5.41) is 30.7. The molecule has 4 heterocycles. The molecule has 0 spiro atoms. The van der Waals surface area contributed by atoms with Crippen molar-refractivity contribution < 1.29 is 39.0 Å². The van der Waals surface area contributed by atoms with Crippen LogP contribution in [0.3, 0.4) is 0 Å². The van der Waals surface area contributed by atoms with Gasteiger partial charge >= 0.3 is 11.9 Å². The Morgan fingerprint density at radius 2 is 2.00 bits per heavy atom. The van der Waals surface area contributed by atoms with E-state index >= 15 is 0 Å². The number of hydrogen-bond donors (Lipinski definition) is 5.